The van der Waals surface area contributed by atoms with Crippen molar-refractivity contribution in [3.8, 4) is 0 Å². The number of rotatable bonds is 13. The van der Waals surface area contributed by atoms with Gasteiger partial charge in [0, 0.05) is 0 Å². The zero-order valence-corrected chi connectivity index (χ0v) is 20.8. The van der Waals surface area contributed by atoms with Gasteiger partial charge in [-0.2, -0.15) is 0 Å². The standard InChI is InChI=1S/C31H50/c1-3-5-7-8-9-10-11-13-27-16-20-29(21-17-27)31-24-22-30(23-25-31)28-18-14-26(15-19-28)12-6-4-2/h20,22-28H,3-19,21H2,1-2H3/t26-,27?,28-. The lowest BCUT2D eigenvalue weighted by molar-refractivity contribution is 0.304. The maximum atomic E-state index is 2.57. The van der Waals surface area contributed by atoms with Crippen LogP contribution in [0.3, 0.4) is 0 Å². The van der Waals surface area contributed by atoms with Gasteiger partial charge in [-0.05, 0) is 79.4 Å². The summed E-state index contributed by atoms with van der Waals surface area (Å²) in [6, 6.07) is 9.78. The van der Waals surface area contributed by atoms with Crippen molar-refractivity contribution in [3.63, 3.8) is 0 Å². The highest BCUT2D eigenvalue weighted by Gasteiger charge is 2.22. The average molecular weight is 423 g/mol. The van der Waals surface area contributed by atoms with E-state index < -0.39 is 0 Å². The van der Waals surface area contributed by atoms with Crippen LogP contribution in [-0.2, 0) is 0 Å². The monoisotopic (exact) mass is 422 g/mol. The zero-order valence-electron chi connectivity index (χ0n) is 20.8. The molecule has 0 amide bonds. The van der Waals surface area contributed by atoms with Gasteiger partial charge in [0.05, 0.1) is 0 Å². The van der Waals surface area contributed by atoms with Crippen LogP contribution in [0, 0.1) is 11.8 Å². The summed E-state index contributed by atoms with van der Waals surface area (Å²) in [7, 11) is 0. The van der Waals surface area contributed by atoms with Crippen LogP contribution in [0.25, 0.3) is 5.57 Å². The van der Waals surface area contributed by atoms with Gasteiger partial charge in [0.2, 0.25) is 0 Å². The second-order valence-corrected chi connectivity index (χ2v) is 10.8. The number of hydrogen-bond acceptors (Lipinski definition) is 0. The van der Waals surface area contributed by atoms with E-state index in [0.29, 0.717) is 0 Å². The van der Waals surface area contributed by atoms with Crippen molar-refractivity contribution < 1.29 is 0 Å². The Morgan fingerprint density at radius 1 is 0.645 bits per heavy atom. The Balaban J connectivity index is 1.37. The zero-order chi connectivity index (χ0) is 21.7. The first-order valence-corrected chi connectivity index (χ1v) is 14.1. The summed E-state index contributed by atoms with van der Waals surface area (Å²) in [5.74, 6) is 2.78. The number of hydrogen-bond donors (Lipinski definition) is 0. The Morgan fingerprint density at radius 3 is 1.94 bits per heavy atom. The lowest BCUT2D eigenvalue weighted by Crippen LogP contribution is -2.13. The molecule has 0 spiro atoms. The molecule has 0 bridgehead atoms. The van der Waals surface area contributed by atoms with Gasteiger partial charge < -0.3 is 0 Å². The predicted molar refractivity (Wildman–Crippen MR) is 139 cm³/mol. The van der Waals surface area contributed by atoms with Crippen molar-refractivity contribution in [3.05, 3.63) is 41.5 Å². The third-order valence-corrected chi connectivity index (χ3v) is 8.30. The first kappa shape index (κ1) is 24.6. The molecule has 3 rings (SSSR count). The van der Waals surface area contributed by atoms with Crippen molar-refractivity contribution in [2.75, 3.05) is 0 Å². The van der Waals surface area contributed by atoms with E-state index in [1.165, 1.54) is 121 Å². The smallest absolute Gasteiger partial charge is 0.0162 e. The molecule has 2 aliphatic rings. The van der Waals surface area contributed by atoms with Crippen molar-refractivity contribution >= 4 is 5.57 Å². The van der Waals surface area contributed by atoms with E-state index in [9.17, 15) is 0 Å². The quantitative estimate of drug-likeness (QED) is 0.277. The maximum Gasteiger partial charge on any atom is -0.0162 e. The summed E-state index contributed by atoms with van der Waals surface area (Å²) >= 11 is 0. The largest absolute Gasteiger partial charge is 0.0804 e. The Kier molecular flexibility index (Phi) is 11.3. The van der Waals surface area contributed by atoms with Gasteiger partial charge in [0.1, 0.15) is 0 Å². The third kappa shape index (κ3) is 8.43. The minimum Gasteiger partial charge on any atom is -0.0804 e. The molecule has 174 valence electrons. The molecule has 0 nitrogen and oxygen atoms in total. The van der Waals surface area contributed by atoms with Gasteiger partial charge in [-0.1, -0.05) is 115 Å². The van der Waals surface area contributed by atoms with Crippen molar-refractivity contribution in [2.24, 2.45) is 11.8 Å². The van der Waals surface area contributed by atoms with E-state index in [4.69, 9.17) is 0 Å². The highest BCUT2D eigenvalue weighted by molar-refractivity contribution is 5.66. The Morgan fingerprint density at radius 2 is 1.29 bits per heavy atom. The number of allylic oxidation sites excluding steroid dienone is 2. The second kappa shape index (κ2) is 14.2. The van der Waals surface area contributed by atoms with Gasteiger partial charge in [-0.25, -0.2) is 0 Å². The van der Waals surface area contributed by atoms with Crippen LogP contribution in [0.1, 0.15) is 146 Å². The molecule has 1 saturated carbocycles. The van der Waals surface area contributed by atoms with Gasteiger partial charge in [-0.3, -0.25) is 0 Å². The van der Waals surface area contributed by atoms with E-state index >= 15 is 0 Å². The van der Waals surface area contributed by atoms with Crippen LogP contribution >= 0.6 is 0 Å². The summed E-state index contributed by atoms with van der Waals surface area (Å²) in [4.78, 5) is 0. The molecule has 2 aliphatic carbocycles. The maximum absolute atomic E-state index is 2.57. The third-order valence-electron chi connectivity index (χ3n) is 8.30. The molecule has 1 atom stereocenters. The fraction of sp³-hybridized carbons (Fsp3) is 0.742. The SMILES string of the molecule is CCCCCCCCCC1CC=C(c2ccc([C@H]3CC[C@H](CCCC)CC3)cc2)CC1. The van der Waals surface area contributed by atoms with Crippen LogP contribution in [-0.4, -0.2) is 0 Å². The lowest BCUT2D eigenvalue weighted by atomic mass is 9.76. The van der Waals surface area contributed by atoms with Crippen LogP contribution in [0.2, 0.25) is 0 Å². The van der Waals surface area contributed by atoms with E-state index in [0.717, 1.165) is 17.8 Å². The van der Waals surface area contributed by atoms with Gasteiger partial charge in [0.25, 0.3) is 0 Å². The highest BCUT2D eigenvalue weighted by Crippen LogP contribution is 2.39. The van der Waals surface area contributed by atoms with Crippen molar-refractivity contribution in [2.45, 2.75) is 135 Å². The Bertz CT molecular complexity index is 614. The summed E-state index contributed by atoms with van der Waals surface area (Å²) < 4.78 is 0. The lowest BCUT2D eigenvalue weighted by Gasteiger charge is -2.29. The molecule has 0 aromatic heterocycles. The van der Waals surface area contributed by atoms with Gasteiger partial charge >= 0.3 is 0 Å². The Hall–Kier alpha value is -1.04. The van der Waals surface area contributed by atoms with E-state index in [1.807, 2.05) is 0 Å². The molecule has 0 radical (unpaired) electrons. The fourth-order valence-electron chi connectivity index (χ4n) is 6.05. The molecule has 1 aromatic rings. The van der Waals surface area contributed by atoms with Crippen LogP contribution in [0.4, 0.5) is 0 Å². The first-order chi connectivity index (χ1) is 15.3. The molecule has 0 saturated heterocycles. The summed E-state index contributed by atoms with van der Waals surface area (Å²) in [6.45, 7) is 4.63. The van der Waals surface area contributed by atoms with Crippen molar-refractivity contribution in [1.29, 1.82) is 0 Å². The first-order valence-electron chi connectivity index (χ1n) is 14.1. The van der Waals surface area contributed by atoms with E-state index in [2.05, 4.69) is 44.2 Å². The molecule has 0 N–H and O–H groups in total. The molecular weight excluding hydrogens is 372 g/mol. The minimum absolute atomic E-state index is 0.818. The number of unbranched alkanes of at least 4 members (excludes halogenated alkanes) is 7. The molecule has 0 heteroatoms. The summed E-state index contributed by atoms with van der Waals surface area (Å²) in [6.07, 6.45) is 28.1. The molecule has 0 heterocycles. The second-order valence-electron chi connectivity index (χ2n) is 10.8. The van der Waals surface area contributed by atoms with Gasteiger partial charge in [0.15, 0.2) is 0 Å². The molecule has 1 fully saturated rings. The number of benzene rings is 1. The molecule has 0 aliphatic heterocycles. The molecule has 1 aromatic carbocycles. The summed E-state index contributed by atoms with van der Waals surface area (Å²) in [5, 5.41) is 0. The van der Waals surface area contributed by atoms with Crippen molar-refractivity contribution in [1.82, 2.24) is 0 Å². The van der Waals surface area contributed by atoms with E-state index in [1.54, 1.807) is 11.1 Å². The summed E-state index contributed by atoms with van der Waals surface area (Å²) in [5.41, 5.74) is 4.71. The average Bonchev–Trinajstić information content (AvgIpc) is 2.83. The topological polar surface area (TPSA) is 0 Å². The highest BCUT2D eigenvalue weighted by atomic mass is 14.3. The van der Waals surface area contributed by atoms with Crippen LogP contribution in [0.5, 0.6) is 0 Å². The fourth-order valence-corrected chi connectivity index (χ4v) is 6.05. The molecular formula is C31H50. The predicted octanol–water partition coefficient (Wildman–Crippen LogP) is 10.5. The molecule has 1 unspecified atom stereocenters. The molecule has 31 heavy (non-hydrogen) atoms. The van der Waals surface area contributed by atoms with E-state index in [-0.39, 0.29) is 0 Å². The Labute approximate surface area is 194 Å². The van der Waals surface area contributed by atoms with Gasteiger partial charge in [-0.15, -0.1) is 0 Å². The minimum atomic E-state index is 0.818. The van der Waals surface area contributed by atoms with Crippen LogP contribution in [0.15, 0.2) is 30.3 Å². The van der Waals surface area contributed by atoms with Crippen LogP contribution < -0.4 is 0 Å². The normalized spacial score (nSPS) is 24.2.